The first-order chi connectivity index (χ1) is 15.9. The molecule has 0 atom stereocenters. The maximum atomic E-state index is 13.4. The third-order valence-corrected chi connectivity index (χ3v) is 6.46. The molecule has 1 N–H and O–H groups in total. The predicted molar refractivity (Wildman–Crippen MR) is 130 cm³/mol. The average Bonchev–Trinajstić information content (AvgIpc) is 3.42. The molecule has 33 heavy (non-hydrogen) atoms. The number of thiophene rings is 1. The van der Waals surface area contributed by atoms with Gasteiger partial charge in [0.2, 0.25) is 0 Å². The number of methoxy groups -OCH3 is 2. The van der Waals surface area contributed by atoms with Crippen molar-refractivity contribution in [2.45, 2.75) is 26.3 Å². The number of nitrogens with one attached hydrogen (secondary N) is 1. The molecular weight excluding hydrogens is 436 g/mol. The minimum absolute atomic E-state index is 0.129. The fraction of sp³-hybridized carbons (Fsp3) is 0.231. The number of carbonyl (C=O) groups is 2. The molecule has 2 heterocycles. The van der Waals surface area contributed by atoms with E-state index in [1.165, 1.54) is 21.8 Å². The van der Waals surface area contributed by atoms with Gasteiger partial charge in [-0.3, -0.25) is 14.5 Å². The lowest BCUT2D eigenvalue weighted by atomic mass is 10.0. The average molecular weight is 463 g/mol. The van der Waals surface area contributed by atoms with Crippen molar-refractivity contribution in [3.63, 3.8) is 0 Å². The third-order valence-electron chi connectivity index (χ3n) is 5.57. The molecule has 1 aliphatic heterocycles. The second kappa shape index (κ2) is 9.50. The van der Waals surface area contributed by atoms with Crippen molar-refractivity contribution in [3.05, 3.63) is 81.7 Å². The number of benzene rings is 2. The van der Waals surface area contributed by atoms with E-state index in [0.29, 0.717) is 28.7 Å². The predicted octanol–water partition coefficient (Wildman–Crippen LogP) is 5.28. The Morgan fingerprint density at radius 2 is 1.67 bits per heavy atom. The summed E-state index contributed by atoms with van der Waals surface area (Å²) in [6, 6.07) is 17.0. The summed E-state index contributed by atoms with van der Waals surface area (Å²) in [5.41, 5.74) is 3.42. The fourth-order valence-electron chi connectivity index (χ4n) is 3.74. The zero-order valence-corrected chi connectivity index (χ0v) is 19.9. The highest BCUT2D eigenvalue weighted by Crippen LogP contribution is 2.35. The number of imide groups is 1. The Morgan fingerprint density at radius 3 is 2.27 bits per heavy atom. The van der Waals surface area contributed by atoms with Gasteiger partial charge in [0.1, 0.15) is 5.70 Å². The van der Waals surface area contributed by atoms with Crippen LogP contribution >= 0.6 is 11.3 Å². The summed E-state index contributed by atoms with van der Waals surface area (Å²) in [5.74, 6) is 0.866. The van der Waals surface area contributed by atoms with Gasteiger partial charge in [0.15, 0.2) is 11.5 Å². The molecule has 0 fully saturated rings. The molecule has 7 heteroatoms. The molecule has 0 aliphatic carbocycles. The number of ether oxygens (including phenoxy) is 2. The number of rotatable bonds is 8. The van der Waals surface area contributed by atoms with E-state index in [-0.39, 0.29) is 18.4 Å². The Balaban J connectivity index is 1.65. The Kier molecular flexibility index (Phi) is 6.51. The summed E-state index contributed by atoms with van der Waals surface area (Å²) >= 11 is 1.43. The molecule has 2 amide bonds. The molecule has 1 aliphatic rings. The van der Waals surface area contributed by atoms with E-state index in [1.54, 1.807) is 26.4 Å². The number of amides is 2. The Morgan fingerprint density at radius 1 is 0.939 bits per heavy atom. The highest BCUT2D eigenvalue weighted by Gasteiger charge is 2.39. The molecule has 0 spiro atoms. The van der Waals surface area contributed by atoms with Crippen molar-refractivity contribution < 1.29 is 19.1 Å². The van der Waals surface area contributed by atoms with E-state index in [1.807, 2.05) is 47.8 Å². The lowest BCUT2D eigenvalue weighted by molar-refractivity contribution is -0.137. The minimum atomic E-state index is -0.355. The van der Waals surface area contributed by atoms with Crippen LogP contribution in [0.15, 0.2) is 65.7 Å². The lowest BCUT2D eigenvalue weighted by Crippen LogP contribution is -2.32. The molecule has 6 nitrogen and oxygen atoms in total. The van der Waals surface area contributed by atoms with Crippen LogP contribution in [0, 0.1) is 0 Å². The number of carbonyl (C=O) groups excluding carboxylic acids is 2. The van der Waals surface area contributed by atoms with Crippen molar-refractivity contribution in [1.29, 1.82) is 0 Å². The van der Waals surface area contributed by atoms with Crippen molar-refractivity contribution in [1.82, 2.24) is 4.90 Å². The summed E-state index contributed by atoms with van der Waals surface area (Å²) in [6.07, 6.45) is 0. The van der Waals surface area contributed by atoms with Crippen molar-refractivity contribution >= 4 is 34.4 Å². The summed E-state index contributed by atoms with van der Waals surface area (Å²) in [6.45, 7) is 4.39. The smallest absolute Gasteiger partial charge is 0.278 e. The quantitative estimate of drug-likeness (QED) is 0.461. The van der Waals surface area contributed by atoms with Gasteiger partial charge in [0, 0.05) is 10.6 Å². The van der Waals surface area contributed by atoms with Gasteiger partial charge in [-0.05, 0) is 52.8 Å². The van der Waals surface area contributed by atoms with Gasteiger partial charge in [0.25, 0.3) is 11.8 Å². The highest BCUT2D eigenvalue weighted by atomic mass is 32.1. The van der Waals surface area contributed by atoms with Gasteiger partial charge in [-0.2, -0.15) is 0 Å². The Labute approximate surface area is 197 Å². The molecule has 1 aromatic heterocycles. The van der Waals surface area contributed by atoms with E-state index in [2.05, 4.69) is 19.2 Å². The molecular formula is C26H26N2O4S. The van der Waals surface area contributed by atoms with E-state index < -0.39 is 0 Å². The normalized spacial score (nSPS) is 13.8. The van der Waals surface area contributed by atoms with Gasteiger partial charge < -0.3 is 14.8 Å². The zero-order valence-electron chi connectivity index (χ0n) is 19.0. The molecule has 4 rings (SSSR count). The molecule has 2 aromatic carbocycles. The van der Waals surface area contributed by atoms with Crippen LogP contribution in [0.2, 0.25) is 0 Å². The Hall–Kier alpha value is -3.58. The standard InChI is InChI=1S/C26H26N2O4S/c1-16(2)18-8-10-19(11-9-18)27-24-23(22-6-5-13-33-22)25(29)28(26(24)30)15-17-7-12-20(31-3)21(14-17)32-4/h5-14,16,27H,15H2,1-4H3. The maximum Gasteiger partial charge on any atom is 0.278 e. The second-order valence-electron chi connectivity index (χ2n) is 8.01. The summed E-state index contributed by atoms with van der Waals surface area (Å²) < 4.78 is 10.7. The van der Waals surface area contributed by atoms with Crippen molar-refractivity contribution in [2.24, 2.45) is 0 Å². The van der Waals surface area contributed by atoms with Gasteiger partial charge in [-0.15, -0.1) is 11.3 Å². The summed E-state index contributed by atoms with van der Waals surface area (Å²) in [7, 11) is 3.12. The topological polar surface area (TPSA) is 67.9 Å². The zero-order chi connectivity index (χ0) is 23.5. The minimum Gasteiger partial charge on any atom is -0.493 e. The highest BCUT2D eigenvalue weighted by molar-refractivity contribution is 7.11. The van der Waals surface area contributed by atoms with Crippen molar-refractivity contribution in [2.75, 3.05) is 19.5 Å². The second-order valence-corrected chi connectivity index (χ2v) is 8.96. The van der Waals surface area contributed by atoms with E-state index in [9.17, 15) is 9.59 Å². The van der Waals surface area contributed by atoms with Crippen LogP contribution in [-0.2, 0) is 16.1 Å². The van der Waals surface area contributed by atoms with Crippen LogP contribution in [0.5, 0.6) is 11.5 Å². The molecule has 0 saturated carbocycles. The largest absolute Gasteiger partial charge is 0.493 e. The first-order valence-electron chi connectivity index (χ1n) is 10.6. The number of hydrogen-bond acceptors (Lipinski definition) is 6. The summed E-state index contributed by atoms with van der Waals surface area (Å²) in [5, 5.41) is 5.11. The van der Waals surface area contributed by atoms with E-state index in [4.69, 9.17) is 9.47 Å². The molecule has 170 valence electrons. The first kappa shape index (κ1) is 22.6. The van der Waals surface area contributed by atoms with E-state index >= 15 is 0 Å². The number of anilines is 1. The van der Waals surface area contributed by atoms with Gasteiger partial charge in [-0.25, -0.2) is 0 Å². The van der Waals surface area contributed by atoms with Gasteiger partial charge >= 0.3 is 0 Å². The molecule has 0 radical (unpaired) electrons. The number of hydrogen-bond donors (Lipinski definition) is 1. The van der Waals surface area contributed by atoms with Crippen LogP contribution in [0.25, 0.3) is 5.57 Å². The van der Waals surface area contributed by atoms with Crippen LogP contribution in [-0.4, -0.2) is 30.9 Å². The van der Waals surface area contributed by atoms with Gasteiger partial charge in [-0.1, -0.05) is 38.1 Å². The fourth-order valence-corrected chi connectivity index (χ4v) is 4.51. The third kappa shape index (κ3) is 4.50. The van der Waals surface area contributed by atoms with Crippen LogP contribution in [0.3, 0.4) is 0 Å². The van der Waals surface area contributed by atoms with Crippen LogP contribution in [0.4, 0.5) is 5.69 Å². The molecule has 3 aromatic rings. The monoisotopic (exact) mass is 462 g/mol. The number of nitrogens with zero attached hydrogens (tertiary/aromatic N) is 1. The molecule has 0 saturated heterocycles. The van der Waals surface area contributed by atoms with Gasteiger partial charge in [0.05, 0.1) is 26.3 Å². The Bertz CT molecular complexity index is 1200. The maximum absolute atomic E-state index is 13.4. The summed E-state index contributed by atoms with van der Waals surface area (Å²) in [4.78, 5) is 28.8. The van der Waals surface area contributed by atoms with Crippen LogP contribution < -0.4 is 14.8 Å². The van der Waals surface area contributed by atoms with E-state index in [0.717, 1.165) is 16.1 Å². The van der Waals surface area contributed by atoms with Crippen LogP contribution in [0.1, 0.15) is 35.8 Å². The lowest BCUT2D eigenvalue weighted by Gasteiger charge is -2.17. The SMILES string of the molecule is COc1ccc(CN2C(=O)C(Nc3ccc(C(C)C)cc3)=C(c3cccs3)C2=O)cc1OC. The molecule has 0 bridgehead atoms. The first-order valence-corrected chi connectivity index (χ1v) is 11.5. The molecule has 0 unspecified atom stereocenters. The van der Waals surface area contributed by atoms with Crippen molar-refractivity contribution in [3.8, 4) is 11.5 Å².